The van der Waals surface area contributed by atoms with E-state index < -0.39 is 0 Å². The second kappa shape index (κ2) is 6.50. The number of alkyl halides is 1. The van der Waals surface area contributed by atoms with Crippen LogP contribution in [0.15, 0.2) is 44.7 Å². The van der Waals surface area contributed by atoms with Crippen LogP contribution in [-0.2, 0) is 6.42 Å². The quantitative estimate of drug-likeness (QED) is 0.514. The highest BCUT2D eigenvalue weighted by Gasteiger charge is 2.12. The van der Waals surface area contributed by atoms with Gasteiger partial charge >= 0.3 is 0 Å². The van der Waals surface area contributed by atoms with Crippen molar-refractivity contribution in [3.05, 3.63) is 55.1 Å². The number of halogens is 3. The summed E-state index contributed by atoms with van der Waals surface area (Å²) in [5.74, 6) is 0.536. The summed E-state index contributed by atoms with van der Waals surface area (Å²) in [6.07, 6.45) is 1.09. The molecule has 0 bridgehead atoms. The van der Waals surface area contributed by atoms with Gasteiger partial charge in [-0.25, -0.2) is 0 Å². The van der Waals surface area contributed by atoms with Crippen molar-refractivity contribution in [3.8, 4) is 0 Å². The van der Waals surface area contributed by atoms with Gasteiger partial charge in [0, 0.05) is 24.5 Å². The van der Waals surface area contributed by atoms with Crippen molar-refractivity contribution < 1.29 is 0 Å². The molecular weight excluding hydrogens is 428 g/mol. The first-order valence-electron chi connectivity index (χ1n) is 5.23. The van der Waals surface area contributed by atoms with Crippen molar-refractivity contribution in [3.63, 3.8) is 0 Å². The third kappa shape index (κ3) is 3.91. The number of thiophene rings is 1. The topological polar surface area (TPSA) is 0 Å². The second-order valence-corrected chi connectivity index (χ2v) is 7.31. The molecule has 1 atom stereocenters. The van der Waals surface area contributed by atoms with E-state index in [1.807, 2.05) is 11.3 Å². The van der Waals surface area contributed by atoms with Gasteiger partial charge in [0.1, 0.15) is 0 Å². The minimum Gasteiger partial charge on any atom is -0.148 e. The Balaban J connectivity index is 2.13. The van der Waals surface area contributed by atoms with Crippen LogP contribution in [0.3, 0.4) is 0 Å². The normalized spacial score (nSPS) is 12.6. The van der Waals surface area contributed by atoms with Crippen molar-refractivity contribution in [1.82, 2.24) is 0 Å². The molecule has 1 unspecified atom stereocenters. The van der Waals surface area contributed by atoms with E-state index in [1.165, 1.54) is 14.9 Å². The average Bonchev–Trinajstić information content (AvgIpc) is 2.73. The van der Waals surface area contributed by atoms with E-state index in [0.717, 1.165) is 16.2 Å². The van der Waals surface area contributed by atoms with Gasteiger partial charge in [-0.3, -0.25) is 0 Å². The molecule has 0 aliphatic carbocycles. The maximum absolute atomic E-state index is 3.62. The first-order valence-corrected chi connectivity index (χ1v) is 8.82. The highest BCUT2D eigenvalue weighted by atomic mass is 79.9. The number of benzene rings is 1. The highest BCUT2D eigenvalue weighted by molar-refractivity contribution is 9.10. The van der Waals surface area contributed by atoms with Crippen LogP contribution in [0.25, 0.3) is 0 Å². The third-order valence-corrected chi connectivity index (χ3v) is 5.63. The standard InChI is InChI=1S/C13H11Br3S/c14-7-10(5-13-6-12(16)8-17-13)9-1-3-11(15)4-2-9/h1-4,6,8,10H,5,7H2. The molecule has 90 valence electrons. The third-order valence-electron chi connectivity index (χ3n) is 2.60. The van der Waals surface area contributed by atoms with Crippen LogP contribution in [0.2, 0.25) is 0 Å². The molecule has 0 nitrogen and oxygen atoms in total. The van der Waals surface area contributed by atoms with Gasteiger partial charge in [0.2, 0.25) is 0 Å². The van der Waals surface area contributed by atoms with Crippen LogP contribution in [0, 0.1) is 0 Å². The number of hydrogen-bond acceptors (Lipinski definition) is 1. The molecule has 1 heterocycles. The summed E-state index contributed by atoms with van der Waals surface area (Å²) in [4.78, 5) is 1.42. The van der Waals surface area contributed by atoms with E-state index in [-0.39, 0.29) is 0 Å². The van der Waals surface area contributed by atoms with E-state index in [2.05, 4.69) is 83.5 Å². The Morgan fingerprint density at radius 1 is 1.06 bits per heavy atom. The molecule has 1 aromatic carbocycles. The number of hydrogen-bond donors (Lipinski definition) is 0. The van der Waals surface area contributed by atoms with E-state index >= 15 is 0 Å². The molecule has 17 heavy (non-hydrogen) atoms. The van der Waals surface area contributed by atoms with Gasteiger partial charge < -0.3 is 0 Å². The first kappa shape index (κ1) is 13.8. The van der Waals surface area contributed by atoms with Gasteiger partial charge in [0.15, 0.2) is 0 Å². The zero-order valence-electron chi connectivity index (χ0n) is 9.00. The molecular formula is C13H11Br3S. The van der Waals surface area contributed by atoms with Gasteiger partial charge in [-0.05, 0) is 52.0 Å². The molecule has 0 spiro atoms. The minimum absolute atomic E-state index is 0.536. The molecule has 0 radical (unpaired) electrons. The molecule has 0 saturated carbocycles. The summed E-state index contributed by atoms with van der Waals surface area (Å²) < 4.78 is 2.31. The fourth-order valence-electron chi connectivity index (χ4n) is 1.70. The van der Waals surface area contributed by atoms with Crippen LogP contribution in [0.1, 0.15) is 16.4 Å². The Morgan fingerprint density at radius 2 is 1.76 bits per heavy atom. The fourth-order valence-corrected chi connectivity index (χ4v) is 4.10. The lowest BCUT2D eigenvalue weighted by Crippen LogP contribution is -2.03. The summed E-state index contributed by atoms with van der Waals surface area (Å²) in [6, 6.07) is 10.8. The molecule has 0 fully saturated rings. The van der Waals surface area contributed by atoms with Gasteiger partial charge in [0.05, 0.1) is 0 Å². The van der Waals surface area contributed by atoms with Crippen molar-refractivity contribution in [2.75, 3.05) is 5.33 Å². The van der Waals surface area contributed by atoms with Crippen molar-refractivity contribution >= 4 is 59.1 Å². The lowest BCUT2D eigenvalue weighted by atomic mass is 9.97. The first-order chi connectivity index (χ1) is 8.19. The largest absolute Gasteiger partial charge is 0.148 e. The lowest BCUT2D eigenvalue weighted by Gasteiger charge is -2.13. The van der Waals surface area contributed by atoms with E-state index in [4.69, 9.17) is 0 Å². The zero-order valence-corrected chi connectivity index (χ0v) is 14.6. The van der Waals surface area contributed by atoms with Gasteiger partial charge in [-0.1, -0.05) is 44.0 Å². The number of rotatable bonds is 4. The molecule has 0 N–H and O–H groups in total. The Labute approximate surface area is 131 Å². The summed E-state index contributed by atoms with van der Waals surface area (Å²) in [6.45, 7) is 0. The fraction of sp³-hybridized carbons (Fsp3) is 0.231. The maximum Gasteiger partial charge on any atom is 0.0285 e. The predicted molar refractivity (Wildman–Crippen MR) is 86.4 cm³/mol. The van der Waals surface area contributed by atoms with Crippen LogP contribution < -0.4 is 0 Å². The summed E-state index contributed by atoms with van der Waals surface area (Å²) >= 11 is 12.4. The van der Waals surface area contributed by atoms with E-state index in [0.29, 0.717) is 5.92 Å². The predicted octanol–water partition coefficient (Wildman–Crippen LogP) is 5.99. The molecule has 0 saturated heterocycles. The average molecular weight is 439 g/mol. The molecule has 4 heteroatoms. The van der Waals surface area contributed by atoms with Crippen LogP contribution >= 0.6 is 59.1 Å². The van der Waals surface area contributed by atoms with Gasteiger partial charge in [0.25, 0.3) is 0 Å². The van der Waals surface area contributed by atoms with Gasteiger partial charge in [-0.15, -0.1) is 11.3 Å². The summed E-state index contributed by atoms with van der Waals surface area (Å²) in [5, 5.41) is 3.13. The maximum atomic E-state index is 3.62. The van der Waals surface area contributed by atoms with Crippen molar-refractivity contribution in [2.45, 2.75) is 12.3 Å². The summed E-state index contributed by atoms with van der Waals surface area (Å²) in [5.41, 5.74) is 1.38. The molecule has 0 amide bonds. The monoisotopic (exact) mass is 436 g/mol. The Kier molecular flexibility index (Phi) is 5.27. The zero-order chi connectivity index (χ0) is 12.3. The Morgan fingerprint density at radius 3 is 2.29 bits per heavy atom. The molecule has 0 aliphatic heterocycles. The molecule has 2 rings (SSSR count). The smallest absolute Gasteiger partial charge is 0.0285 e. The second-order valence-electron chi connectivity index (χ2n) is 3.84. The molecule has 0 aliphatic rings. The van der Waals surface area contributed by atoms with Gasteiger partial charge in [-0.2, -0.15) is 0 Å². The SMILES string of the molecule is BrCC(Cc1cc(Br)cs1)c1ccc(Br)cc1. The molecule has 1 aromatic heterocycles. The van der Waals surface area contributed by atoms with E-state index in [1.54, 1.807) is 0 Å². The summed E-state index contributed by atoms with van der Waals surface area (Å²) in [7, 11) is 0. The minimum atomic E-state index is 0.536. The van der Waals surface area contributed by atoms with Crippen molar-refractivity contribution in [1.29, 1.82) is 0 Å². The highest BCUT2D eigenvalue weighted by Crippen LogP contribution is 2.28. The Hall–Kier alpha value is 0.360. The lowest BCUT2D eigenvalue weighted by molar-refractivity contribution is 0.785. The van der Waals surface area contributed by atoms with Crippen LogP contribution in [-0.4, -0.2) is 5.33 Å². The van der Waals surface area contributed by atoms with Crippen LogP contribution in [0.5, 0.6) is 0 Å². The molecule has 2 aromatic rings. The van der Waals surface area contributed by atoms with Crippen LogP contribution in [0.4, 0.5) is 0 Å². The Bertz CT molecular complexity index is 476. The van der Waals surface area contributed by atoms with E-state index in [9.17, 15) is 0 Å². The van der Waals surface area contributed by atoms with Crippen molar-refractivity contribution in [2.24, 2.45) is 0 Å².